The van der Waals surface area contributed by atoms with Gasteiger partial charge in [-0.3, -0.25) is 4.79 Å². The van der Waals surface area contributed by atoms with E-state index in [1.807, 2.05) is 42.0 Å². The van der Waals surface area contributed by atoms with Gasteiger partial charge >= 0.3 is 6.09 Å². The fourth-order valence-corrected chi connectivity index (χ4v) is 4.59. The standard InChI is InChI=1S/C26H34N4O5/c1-17-13-29(16-27-17)20-9-8-18(12-23(20)34-5)11-19-7-6-10-30(24(19)32)21-14-28(15-22(21)31)25(33)35-26(2,3)4/h8-9,11-13,16,21-22,31H,6-7,10,14-15H2,1-5H3/t21-,22+/m1/s1. The monoisotopic (exact) mass is 482 g/mol. The number of rotatable bonds is 4. The van der Waals surface area contributed by atoms with Crippen molar-refractivity contribution in [1.82, 2.24) is 19.4 Å². The van der Waals surface area contributed by atoms with E-state index >= 15 is 0 Å². The van der Waals surface area contributed by atoms with E-state index in [9.17, 15) is 14.7 Å². The summed E-state index contributed by atoms with van der Waals surface area (Å²) >= 11 is 0. The number of piperidine rings is 1. The number of aliphatic hydroxyl groups excluding tert-OH is 1. The van der Waals surface area contributed by atoms with Crippen LogP contribution in [-0.2, 0) is 9.53 Å². The Morgan fingerprint density at radius 2 is 2.03 bits per heavy atom. The van der Waals surface area contributed by atoms with E-state index in [4.69, 9.17) is 9.47 Å². The van der Waals surface area contributed by atoms with Crippen molar-refractivity contribution < 1.29 is 24.2 Å². The number of carbonyl (C=O) groups is 2. The average molecular weight is 483 g/mol. The second kappa shape index (κ2) is 9.73. The fourth-order valence-electron chi connectivity index (χ4n) is 4.59. The van der Waals surface area contributed by atoms with Crippen molar-refractivity contribution in [3.8, 4) is 11.4 Å². The lowest BCUT2D eigenvalue weighted by Gasteiger charge is -2.35. The van der Waals surface area contributed by atoms with Crippen LogP contribution in [0.15, 0.2) is 36.3 Å². The third-order valence-corrected chi connectivity index (χ3v) is 6.23. The van der Waals surface area contributed by atoms with Gasteiger partial charge in [-0.2, -0.15) is 0 Å². The number of hydrogen-bond acceptors (Lipinski definition) is 6. The molecule has 0 spiro atoms. The van der Waals surface area contributed by atoms with Gasteiger partial charge in [-0.25, -0.2) is 9.78 Å². The summed E-state index contributed by atoms with van der Waals surface area (Å²) in [4.78, 5) is 33.3. The van der Waals surface area contributed by atoms with Gasteiger partial charge in [-0.05, 0) is 64.3 Å². The summed E-state index contributed by atoms with van der Waals surface area (Å²) in [7, 11) is 1.62. The number of carbonyl (C=O) groups excluding carboxylic acids is 2. The molecule has 2 amide bonds. The van der Waals surface area contributed by atoms with Crippen molar-refractivity contribution >= 4 is 18.1 Å². The van der Waals surface area contributed by atoms with Gasteiger partial charge in [0.05, 0.1) is 43.5 Å². The van der Waals surface area contributed by atoms with Gasteiger partial charge in [-0.15, -0.1) is 0 Å². The Bertz CT molecular complexity index is 1130. The Balaban J connectivity index is 1.51. The van der Waals surface area contributed by atoms with Gasteiger partial charge in [0.2, 0.25) is 5.91 Å². The first-order chi connectivity index (χ1) is 16.6. The van der Waals surface area contributed by atoms with Crippen molar-refractivity contribution in [3.63, 3.8) is 0 Å². The van der Waals surface area contributed by atoms with Gasteiger partial charge in [0, 0.05) is 24.9 Å². The topological polar surface area (TPSA) is 97.1 Å². The van der Waals surface area contributed by atoms with E-state index in [-0.39, 0.29) is 19.0 Å². The molecule has 3 heterocycles. The minimum atomic E-state index is -0.816. The molecule has 2 aromatic rings. The number of β-amino-alcohol motifs (C(OH)–C–C–N with tert-alkyl or cyclic N) is 1. The Hall–Kier alpha value is -3.33. The first kappa shape index (κ1) is 24.8. The summed E-state index contributed by atoms with van der Waals surface area (Å²) in [6.07, 6.45) is 5.69. The molecule has 2 fully saturated rings. The summed E-state index contributed by atoms with van der Waals surface area (Å²) in [5, 5.41) is 10.7. The molecule has 0 aliphatic carbocycles. The summed E-state index contributed by atoms with van der Waals surface area (Å²) in [6.45, 7) is 8.28. The molecule has 4 rings (SSSR count). The molecule has 35 heavy (non-hydrogen) atoms. The second-order valence-electron chi connectivity index (χ2n) is 10.1. The molecule has 0 saturated carbocycles. The molecule has 0 radical (unpaired) electrons. The van der Waals surface area contributed by atoms with E-state index in [1.54, 1.807) is 39.1 Å². The minimum Gasteiger partial charge on any atom is -0.495 e. The van der Waals surface area contributed by atoms with E-state index in [0.29, 0.717) is 24.3 Å². The number of imidazole rings is 1. The Kier molecular flexibility index (Phi) is 6.89. The summed E-state index contributed by atoms with van der Waals surface area (Å²) < 4.78 is 12.9. The predicted molar refractivity (Wildman–Crippen MR) is 131 cm³/mol. The number of aromatic nitrogens is 2. The smallest absolute Gasteiger partial charge is 0.410 e. The van der Waals surface area contributed by atoms with Crippen molar-refractivity contribution in [2.24, 2.45) is 0 Å². The maximum atomic E-state index is 13.4. The highest BCUT2D eigenvalue weighted by atomic mass is 16.6. The zero-order chi connectivity index (χ0) is 25.3. The highest BCUT2D eigenvalue weighted by molar-refractivity contribution is 5.99. The van der Waals surface area contributed by atoms with Gasteiger partial charge in [0.25, 0.3) is 0 Å². The molecule has 188 valence electrons. The number of ether oxygens (including phenoxy) is 2. The van der Waals surface area contributed by atoms with Crippen LogP contribution in [-0.4, -0.2) is 80.9 Å². The molecule has 9 nitrogen and oxygen atoms in total. The first-order valence-electron chi connectivity index (χ1n) is 11.9. The first-order valence-corrected chi connectivity index (χ1v) is 11.9. The van der Waals surface area contributed by atoms with Crippen molar-refractivity contribution in [3.05, 3.63) is 47.6 Å². The van der Waals surface area contributed by atoms with E-state index in [0.717, 1.165) is 23.4 Å². The van der Waals surface area contributed by atoms with Crippen LogP contribution < -0.4 is 4.74 Å². The third-order valence-electron chi connectivity index (χ3n) is 6.23. The summed E-state index contributed by atoms with van der Waals surface area (Å²) in [5.74, 6) is 0.565. The van der Waals surface area contributed by atoms with Crippen molar-refractivity contribution in [2.75, 3.05) is 26.7 Å². The molecule has 1 aromatic carbocycles. The fraction of sp³-hybridized carbons (Fsp3) is 0.500. The number of aryl methyl sites for hydroxylation is 1. The van der Waals surface area contributed by atoms with Crippen LogP contribution in [0.25, 0.3) is 11.8 Å². The molecule has 9 heteroatoms. The van der Waals surface area contributed by atoms with Crippen LogP contribution in [0.2, 0.25) is 0 Å². The van der Waals surface area contributed by atoms with Gasteiger partial charge in [0.1, 0.15) is 11.4 Å². The molecule has 2 aliphatic heterocycles. The lowest BCUT2D eigenvalue weighted by atomic mass is 9.98. The van der Waals surface area contributed by atoms with Crippen LogP contribution in [0.3, 0.4) is 0 Å². The maximum absolute atomic E-state index is 13.4. The number of benzene rings is 1. The molecule has 2 atom stereocenters. The Labute approximate surface area is 205 Å². The molecule has 1 aromatic heterocycles. The highest BCUT2D eigenvalue weighted by Crippen LogP contribution is 2.29. The average Bonchev–Trinajstić information content (AvgIpc) is 3.39. The zero-order valence-electron chi connectivity index (χ0n) is 21.0. The number of hydrogen-bond donors (Lipinski definition) is 1. The Morgan fingerprint density at radius 3 is 2.69 bits per heavy atom. The van der Waals surface area contributed by atoms with Crippen molar-refractivity contribution in [1.29, 1.82) is 0 Å². The molecule has 1 N–H and O–H groups in total. The number of methoxy groups -OCH3 is 1. The molecular formula is C26H34N4O5. The maximum Gasteiger partial charge on any atom is 0.410 e. The number of nitrogens with zero attached hydrogens (tertiary/aromatic N) is 4. The predicted octanol–water partition coefficient (Wildman–Crippen LogP) is 3.18. The summed E-state index contributed by atoms with van der Waals surface area (Å²) in [6, 6.07) is 5.33. The minimum absolute atomic E-state index is 0.111. The summed E-state index contributed by atoms with van der Waals surface area (Å²) in [5.41, 5.74) is 2.68. The van der Waals surface area contributed by atoms with Crippen LogP contribution in [0, 0.1) is 6.92 Å². The van der Waals surface area contributed by atoms with Crippen LogP contribution in [0.1, 0.15) is 44.9 Å². The third kappa shape index (κ3) is 5.51. The number of likely N-dealkylation sites (tertiary alicyclic amines) is 2. The van der Waals surface area contributed by atoms with Gasteiger partial charge in [0.15, 0.2) is 0 Å². The van der Waals surface area contributed by atoms with E-state index in [1.165, 1.54) is 4.90 Å². The largest absolute Gasteiger partial charge is 0.495 e. The van der Waals surface area contributed by atoms with Gasteiger partial charge in [-0.1, -0.05) is 6.07 Å². The quantitative estimate of drug-likeness (QED) is 0.673. The molecule has 2 saturated heterocycles. The van der Waals surface area contributed by atoms with Gasteiger partial charge < -0.3 is 28.9 Å². The molecule has 2 aliphatic rings. The molecule has 0 unspecified atom stereocenters. The lowest BCUT2D eigenvalue weighted by Crippen LogP contribution is -2.49. The second-order valence-corrected chi connectivity index (χ2v) is 10.1. The number of aliphatic hydroxyl groups is 1. The normalized spacial score (nSPS) is 22.1. The zero-order valence-corrected chi connectivity index (χ0v) is 21.0. The van der Waals surface area contributed by atoms with Crippen molar-refractivity contribution in [2.45, 2.75) is 58.3 Å². The van der Waals surface area contributed by atoms with Crippen LogP contribution >= 0.6 is 0 Å². The highest BCUT2D eigenvalue weighted by Gasteiger charge is 2.42. The Morgan fingerprint density at radius 1 is 1.26 bits per heavy atom. The van der Waals surface area contributed by atoms with E-state index in [2.05, 4.69) is 4.98 Å². The van der Waals surface area contributed by atoms with Crippen LogP contribution in [0.4, 0.5) is 4.79 Å². The van der Waals surface area contributed by atoms with Crippen LogP contribution in [0.5, 0.6) is 5.75 Å². The SMILES string of the molecule is COc1cc(C=C2CCCN([C@@H]3CN(C(=O)OC(C)(C)C)C[C@@H]3O)C2=O)ccc1-n1cnc(C)c1. The molecular weight excluding hydrogens is 448 g/mol. The molecule has 0 bridgehead atoms. The van der Waals surface area contributed by atoms with E-state index < -0.39 is 23.8 Å². The number of amides is 2. The lowest BCUT2D eigenvalue weighted by molar-refractivity contribution is -0.132.